The number of nitrogens with two attached hydrogens (primary N) is 1. The predicted octanol–water partition coefficient (Wildman–Crippen LogP) is -4.08. The summed E-state index contributed by atoms with van der Waals surface area (Å²) >= 11 is 0. The van der Waals surface area contributed by atoms with Crippen molar-refractivity contribution in [3.05, 3.63) is 0 Å². The number of ether oxygens (including phenoxy) is 8. The van der Waals surface area contributed by atoms with Gasteiger partial charge in [-0.2, -0.15) is 0 Å². The van der Waals surface area contributed by atoms with Crippen LogP contribution in [0.3, 0.4) is 0 Å². The van der Waals surface area contributed by atoms with Gasteiger partial charge in [-0.25, -0.2) is 0 Å². The molecule has 0 aliphatic carbocycles. The number of carbonyl (C=O) groups excluding carboxylic acids is 4. The highest BCUT2D eigenvalue weighted by Crippen LogP contribution is 1.87. The van der Waals surface area contributed by atoms with Gasteiger partial charge >= 0.3 is 14.8 Å². The van der Waals surface area contributed by atoms with Crippen LogP contribution >= 0.6 is 0 Å². The molecule has 0 aliphatic heterocycles. The fourth-order valence-corrected chi connectivity index (χ4v) is 2.55. The second kappa shape index (κ2) is 41.9. The molecule has 0 aromatic heterocycles. The molecular formula is C25H52B2N6O12. The number of nitrogens with one attached hydrogen (secondary N) is 5. The third kappa shape index (κ3) is 44.1. The Morgan fingerprint density at radius 1 is 0.533 bits per heavy atom. The maximum absolute atomic E-state index is 11.2. The molecular weight excluding hydrogens is 598 g/mol. The molecule has 0 saturated heterocycles. The molecule has 0 fully saturated rings. The van der Waals surface area contributed by atoms with Crippen LogP contribution in [0.2, 0.25) is 0 Å². The summed E-state index contributed by atoms with van der Waals surface area (Å²) in [7, 11) is 4.05. The van der Waals surface area contributed by atoms with Crippen molar-refractivity contribution in [3.8, 4) is 0 Å². The predicted molar refractivity (Wildman–Crippen MR) is 166 cm³/mol. The average Bonchev–Trinajstić information content (AvgIpc) is 3.04. The zero-order chi connectivity index (χ0) is 33.3. The van der Waals surface area contributed by atoms with Gasteiger partial charge in [0, 0.05) is 13.1 Å². The Morgan fingerprint density at radius 3 is 1.16 bits per heavy atom. The highest BCUT2D eigenvalue weighted by molar-refractivity contribution is 6.64. The van der Waals surface area contributed by atoms with Crippen LogP contribution in [0.4, 0.5) is 0 Å². The Morgan fingerprint density at radius 2 is 0.844 bits per heavy atom. The van der Waals surface area contributed by atoms with Gasteiger partial charge in [0.05, 0.1) is 131 Å². The van der Waals surface area contributed by atoms with Crippen LogP contribution in [0, 0.1) is 0 Å². The van der Waals surface area contributed by atoms with Gasteiger partial charge in [0.2, 0.25) is 11.8 Å². The summed E-state index contributed by atoms with van der Waals surface area (Å²) in [6.45, 7) is 8.98. The number of hydrazine groups is 2. The van der Waals surface area contributed by atoms with Gasteiger partial charge in [-0.3, -0.25) is 20.3 Å². The Balaban J connectivity index is 0. The van der Waals surface area contributed by atoms with Gasteiger partial charge in [-0.05, 0) is 7.05 Å². The lowest BCUT2D eigenvalue weighted by atomic mass is 10.0. The molecule has 0 unspecified atom stereocenters. The maximum Gasteiger partial charge on any atom is 0.313 e. The van der Waals surface area contributed by atoms with E-state index >= 15 is 0 Å². The molecule has 20 heteroatoms. The summed E-state index contributed by atoms with van der Waals surface area (Å²) < 4.78 is 42.1. The molecule has 260 valence electrons. The minimum absolute atomic E-state index is 0.200. The lowest BCUT2D eigenvalue weighted by Gasteiger charge is -2.07. The summed E-state index contributed by atoms with van der Waals surface area (Å²) in [6.07, 6.45) is 1.47. The molecule has 0 aliphatic rings. The quantitative estimate of drug-likeness (QED) is 0.0166. The van der Waals surface area contributed by atoms with E-state index in [1.54, 1.807) is 0 Å². The topological polar surface area (TPSA) is 228 Å². The number of hydrogen-bond donors (Lipinski definition) is 6. The van der Waals surface area contributed by atoms with E-state index in [4.69, 9.17) is 43.6 Å². The van der Waals surface area contributed by atoms with Crippen LogP contribution in [-0.2, 0) is 57.1 Å². The first-order valence-electron chi connectivity index (χ1n) is 14.7. The van der Waals surface area contributed by atoms with E-state index in [0.29, 0.717) is 118 Å². The number of carbonyl (C=O) groups is 4. The number of hydrogen-bond acceptors (Lipinski definition) is 16. The van der Waals surface area contributed by atoms with E-state index in [2.05, 4.69) is 26.8 Å². The van der Waals surface area contributed by atoms with Crippen LogP contribution < -0.4 is 32.6 Å². The van der Waals surface area contributed by atoms with E-state index in [1.807, 2.05) is 7.05 Å². The third-order valence-electron chi connectivity index (χ3n) is 4.66. The highest BCUT2D eigenvalue weighted by Gasteiger charge is 2.01. The first kappa shape index (κ1) is 45.1. The first-order valence-corrected chi connectivity index (χ1v) is 14.7. The number of amides is 2. The SMILES string of the molecule is CNCCOCCOCCOCCOCCC(=O)NN[B]C=O.NCCOCCOCCOCCOCCC(=O)NN[B]C=O. The molecule has 0 bridgehead atoms. The molecule has 7 N–H and O–H groups in total. The molecule has 0 aromatic rings. The van der Waals surface area contributed by atoms with Crippen LogP contribution in [0.25, 0.3) is 0 Å². The van der Waals surface area contributed by atoms with Crippen LogP contribution in [0.15, 0.2) is 0 Å². The van der Waals surface area contributed by atoms with E-state index < -0.39 is 0 Å². The monoisotopic (exact) mass is 650 g/mol. The Bertz CT molecular complexity index is 666. The molecule has 2 amide bonds. The molecule has 0 spiro atoms. The van der Waals surface area contributed by atoms with E-state index in [9.17, 15) is 19.2 Å². The molecule has 0 atom stereocenters. The van der Waals surface area contributed by atoms with Crippen molar-refractivity contribution in [2.24, 2.45) is 5.73 Å². The normalized spacial score (nSPS) is 10.4. The standard InChI is InChI=1S/C13H27BN3O6.C12H25BN3O6/c1-15-3-5-21-7-9-23-11-10-22-8-6-20-4-2-13(19)16-17-14-12-18;14-2-4-20-6-8-22-10-9-21-7-5-19-3-1-12(18)15-16-13-11-17/h12,15,17H,2-11H2,1H3,(H,16,19);11,16H,1-10,14H2,(H,15,18). The minimum atomic E-state index is -0.260. The second-order valence-corrected chi connectivity index (χ2v) is 8.28. The second-order valence-electron chi connectivity index (χ2n) is 8.28. The maximum atomic E-state index is 11.2. The molecule has 0 heterocycles. The zero-order valence-corrected chi connectivity index (χ0v) is 26.4. The van der Waals surface area contributed by atoms with Gasteiger partial charge in [0.1, 0.15) is 0 Å². The molecule has 0 saturated carbocycles. The molecule has 45 heavy (non-hydrogen) atoms. The number of rotatable bonds is 35. The average molecular weight is 650 g/mol. The van der Waals surface area contributed by atoms with Crippen molar-refractivity contribution in [1.82, 2.24) is 26.8 Å². The molecule has 0 aromatic carbocycles. The van der Waals surface area contributed by atoms with E-state index in [-0.39, 0.29) is 31.3 Å². The van der Waals surface area contributed by atoms with Gasteiger partial charge in [0.25, 0.3) is 0 Å². The molecule has 2 radical (unpaired) electrons. The fourth-order valence-electron chi connectivity index (χ4n) is 2.55. The Labute approximate surface area is 267 Å². The van der Waals surface area contributed by atoms with Gasteiger partial charge in [-0.1, -0.05) is 0 Å². The lowest BCUT2D eigenvalue weighted by Crippen LogP contribution is -2.40. The first-order chi connectivity index (χ1) is 22.1. The fraction of sp³-hybridized carbons (Fsp3) is 0.840. The van der Waals surface area contributed by atoms with Gasteiger partial charge in [-0.15, -0.1) is 0 Å². The van der Waals surface area contributed by atoms with Gasteiger partial charge < -0.3 is 69.4 Å². The van der Waals surface area contributed by atoms with Crippen molar-refractivity contribution in [1.29, 1.82) is 0 Å². The van der Waals surface area contributed by atoms with Crippen LogP contribution in [0.5, 0.6) is 0 Å². The van der Waals surface area contributed by atoms with Crippen molar-refractivity contribution in [2.45, 2.75) is 12.8 Å². The Hall–Kier alpha value is -2.07. The summed E-state index contributed by atoms with van der Waals surface area (Å²) in [4.78, 5) is 42.3. The minimum Gasteiger partial charge on any atom is -0.379 e. The van der Waals surface area contributed by atoms with E-state index in [1.165, 1.54) is 0 Å². The van der Waals surface area contributed by atoms with Crippen molar-refractivity contribution in [2.75, 3.05) is 126 Å². The van der Waals surface area contributed by atoms with Crippen LogP contribution in [0.1, 0.15) is 12.8 Å². The largest absolute Gasteiger partial charge is 0.379 e. The Kier molecular flexibility index (Phi) is 42.0. The summed E-state index contributed by atoms with van der Waals surface area (Å²) in [5, 5.41) is 7.65. The van der Waals surface area contributed by atoms with Crippen LogP contribution in [-0.4, -0.2) is 165 Å². The molecule has 18 nitrogen and oxygen atoms in total. The summed E-state index contributed by atoms with van der Waals surface area (Å²) in [6, 6.07) is 0. The zero-order valence-electron chi connectivity index (χ0n) is 26.4. The summed E-state index contributed by atoms with van der Waals surface area (Å²) in [5.41, 5.74) is 9.89. The summed E-state index contributed by atoms with van der Waals surface area (Å²) in [5.74, 6) is -0.515. The molecule has 0 rings (SSSR count). The van der Waals surface area contributed by atoms with Crippen molar-refractivity contribution >= 4 is 39.0 Å². The third-order valence-corrected chi connectivity index (χ3v) is 4.66. The van der Waals surface area contributed by atoms with Gasteiger partial charge in [0.15, 0.2) is 0 Å². The van der Waals surface area contributed by atoms with E-state index in [0.717, 1.165) is 21.4 Å². The van der Waals surface area contributed by atoms with Crippen molar-refractivity contribution in [3.63, 3.8) is 0 Å². The lowest BCUT2D eigenvalue weighted by molar-refractivity contribution is -0.123. The number of likely N-dealkylation sites (N-methyl/N-ethyl adjacent to an activating group) is 1. The van der Waals surface area contributed by atoms with Crippen molar-refractivity contribution < 1.29 is 57.1 Å². The smallest absolute Gasteiger partial charge is 0.313 e. The highest BCUT2D eigenvalue weighted by atomic mass is 16.6.